The highest BCUT2D eigenvalue weighted by molar-refractivity contribution is 6.35. The van der Waals surface area contributed by atoms with Crippen molar-refractivity contribution in [3.63, 3.8) is 0 Å². The number of rotatable bonds is 2. The number of carbonyl (C=O) groups is 2. The first-order valence-electron chi connectivity index (χ1n) is 6.75. The van der Waals surface area contributed by atoms with E-state index in [1.54, 1.807) is 4.90 Å². The van der Waals surface area contributed by atoms with Crippen LogP contribution in [-0.4, -0.2) is 87.2 Å². The fourth-order valence-corrected chi connectivity index (χ4v) is 2.28. The Kier molecular flexibility index (Phi) is 5.12. The lowest BCUT2D eigenvalue weighted by Crippen LogP contribution is -2.53. The Balaban J connectivity index is 1.72. The lowest BCUT2D eigenvalue weighted by molar-refractivity contribution is -0.146. The van der Waals surface area contributed by atoms with E-state index in [4.69, 9.17) is 4.74 Å². The number of nitrogens with one attached hydrogen (secondary N) is 2. The van der Waals surface area contributed by atoms with Crippen molar-refractivity contribution in [2.45, 2.75) is 6.10 Å². The Bertz CT molecular complexity index is 331. The van der Waals surface area contributed by atoms with E-state index in [1.807, 2.05) is 7.05 Å². The highest BCUT2D eigenvalue weighted by Crippen LogP contribution is 2.01. The maximum atomic E-state index is 11.9. The fraction of sp³-hybridized carbons (Fsp3) is 0.833. The molecule has 2 amide bonds. The molecule has 108 valence electrons. The highest BCUT2D eigenvalue weighted by Gasteiger charge is 2.24. The van der Waals surface area contributed by atoms with Crippen LogP contribution >= 0.6 is 0 Å². The summed E-state index contributed by atoms with van der Waals surface area (Å²) in [5.74, 6) is -0.968. The lowest BCUT2D eigenvalue weighted by Gasteiger charge is -2.30. The summed E-state index contributed by atoms with van der Waals surface area (Å²) < 4.78 is 5.53. The Morgan fingerprint density at radius 2 is 2.05 bits per heavy atom. The van der Waals surface area contributed by atoms with E-state index in [0.717, 1.165) is 26.2 Å². The van der Waals surface area contributed by atoms with Crippen molar-refractivity contribution in [3.05, 3.63) is 0 Å². The van der Waals surface area contributed by atoms with Crippen LogP contribution in [0.5, 0.6) is 0 Å². The second kappa shape index (κ2) is 6.83. The van der Waals surface area contributed by atoms with Crippen LogP contribution in [0.3, 0.4) is 0 Å². The molecule has 0 saturated carbocycles. The van der Waals surface area contributed by atoms with Crippen molar-refractivity contribution >= 4 is 11.8 Å². The Morgan fingerprint density at radius 1 is 1.32 bits per heavy atom. The molecule has 2 aliphatic heterocycles. The van der Waals surface area contributed by atoms with Gasteiger partial charge in [-0.25, -0.2) is 0 Å². The molecule has 0 aromatic heterocycles. The predicted molar refractivity (Wildman–Crippen MR) is 69.7 cm³/mol. The van der Waals surface area contributed by atoms with Gasteiger partial charge in [0.15, 0.2) is 0 Å². The van der Waals surface area contributed by atoms with E-state index >= 15 is 0 Å². The molecule has 2 rings (SSSR count). The minimum atomic E-state index is -0.529. The molecule has 2 N–H and O–H groups in total. The van der Waals surface area contributed by atoms with Gasteiger partial charge in [-0.2, -0.15) is 0 Å². The van der Waals surface area contributed by atoms with E-state index in [1.165, 1.54) is 0 Å². The highest BCUT2D eigenvalue weighted by atomic mass is 16.5. The fourth-order valence-electron chi connectivity index (χ4n) is 2.28. The van der Waals surface area contributed by atoms with Gasteiger partial charge in [-0.05, 0) is 7.05 Å². The first-order chi connectivity index (χ1) is 9.16. The Hall–Kier alpha value is -1.18. The smallest absolute Gasteiger partial charge is 0.311 e. The normalized spacial score (nSPS) is 25.1. The van der Waals surface area contributed by atoms with Gasteiger partial charge in [0, 0.05) is 45.8 Å². The van der Waals surface area contributed by atoms with Gasteiger partial charge in [0.05, 0.1) is 12.7 Å². The summed E-state index contributed by atoms with van der Waals surface area (Å²) in [6, 6.07) is 0. The van der Waals surface area contributed by atoms with Gasteiger partial charge in [0.25, 0.3) is 0 Å². The summed E-state index contributed by atoms with van der Waals surface area (Å²) in [5, 5.41) is 5.81. The van der Waals surface area contributed by atoms with Crippen LogP contribution in [0.2, 0.25) is 0 Å². The van der Waals surface area contributed by atoms with Crippen LogP contribution in [0.1, 0.15) is 0 Å². The van der Waals surface area contributed by atoms with Crippen molar-refractivity contribution in [1.29, 1.82) is 0 Å². The molecule has 1 atom stereocenters. The first-order valence-corrected chi connectivity index (χ1v) is 6.75. The molecule has 0 bridgehead atoms. The second-order valence-corrected chi connectivity index (χ2v) is 5.01. The van der Waals surface area contributed by atoms with Crippen LogP contribution in [0.25, 0.3) is 0 Å². The third-order valence-corrected chi connectivity index (χ3v) is 3.43. The van der Waals surface area contributed by atoms with E-state index in [0.29, 0.717) is 26.2 Å². The SMILES string of the molecule is CN1CCOC(CNC(=O)C(=O)N2CCNCC2)C1. The summed E-state index contributed by atoms with van der Waals surface area (Å²) >= 11 is 0. The maximum Gasteiger partial charge on any atom is 0.311 e. The summed E-state index contributed by atoms with van der Waals surface area (Å²) in [5.41, 5.74) is 0. The van der Waals surface area contributed by atoms with Crippen molar-refractivity contribution in [1.82, 2.24) is 20.4 Å². The molecule has 0 aromatic carbocycles. The first kappa shape index (κ1) is 14.2. The number of morpholine rings is 1. The molecule has 2 aliphatic rings. The van der Waals surface area contributed by atoms with Crippen molar-refractivity contribution < 1.29 is 14.3 Å². The quantitative estimate of drug-likeness (QED) is 0.561. The number of ether oxygens (including phenoxy) is 1. The van der Waals surface area contributed by atoms with Gasteiger partial charge in [0.2, 0.25) is 0 Å². The molecule has 0 aromatic rings. The summed E-state index contributed by atoms with van der Waals surface area (Å²) in [6.07, 6.45) is -0.0291. The van der Waals surface area contributed by atoms with Gasteiger partial charge in [0.1, 0.15) is 0 Å². The van der Waals surface area contributed by atoms with Crippen LogP contribution in [0.15, 0.2) is 0 Å². The van der Waals surface area contributed by atoms with Gasteiger partial charge < -0.3 is 25.2 Å². The molecule has 2 saturated heterocycles. The topological polar surface area (TPSA) is 73.9 Å². The molecular formula is C12H22N4O3. The Labute approximate surface area is 113 Å². The molecule has 0 radical (unpaired) electrons. The second-order valence-electron chi connectivity index (χ2n) is 5.01. The molecule has 1 unspecified atom stereocenters. The average molecular weight is 270 g/mol. The van der Waals surface area contributed by atoms with E-state index in [2.05, 4.69) is 15.5 Å². The molecule has 0 aliphatic carbocycles. The number of hydrogen-bond donors (Lipinski definition) is 2. The van der Waals surface area contributed by atoms with Crippen molar-refractivity contribution in [2.75, 3.05) is 59.5 Å². The number of nitrogens with zero attached hydrogens (tertiary/aromatic N) is 2. The van der Waals surface area contributed by atoms with Gasteiger partial charge in [-0.3, -0.25) is 9.59 Å². The number of amides is 2. The maximum absolute atomic E-state index is 11.9. The zero-order chi connectivity index (χ0) is 13.7. The predicted octanol–water partition coefficient (Wildman–Crippen LogP) is -2.13. The standard InChI is InChI=1S/C12H22N4O3/c1-15-6-7-19-10(9-15)8-14-11(17)12(18)16-4-2-13-3-5-16/h10,13H,2-9H2,1H3,(H,14,17). The molecule has 7 heteroatoms. The van der Waals surface area contributed by atoms with Crippen molar-refractivity contribution in [3.8, 4) is 0 Å². The summed E-state index contributed by atoms with van der Waals surface area (Å²) in [4.78, 5) is 27.4. The summed E-state index contributed by atoms with van der Waals surface area (Å²) in [7, 11) is 2.02. The van der Waals surface area contributed by atoms with Gasteiger partial charge in [-0.1, -0.05) is 0 Å². The number of likely N-dealkylation sites (N-methyl/N-ethyl adjacent to an activating group) is 1. The molecular weight excluding hydrogens is 248 g/mol. The van der Waals surface area contributed by atoms with Gasteiger partial charge in [-0.15, -0.1) is 0 Å². The minimum absolute atomic E-state index is 0.0291. The van der Waals surface area contributed by atoms with E-state index < -0.39 is 11.8 Å². The molecule has 2 fully saturated rings. The molecule has 7 nitrogen and oxygen atoms in total. The molecule has 19 heavy (non-hydrogen) atoms. The average Bonchev–Trinajstić information content (AvgIpc) is 2.45. The zero-order valence-corrected chi connectivity index (χ0v) is 11.4. The summed E-state index contributed by atoms with van der Waals surface area (Å²) in [6.45, 7) is 5.42. The monoisotopic (exact) mass is 270 g/mol. The largest absolute Gasteiger partial charge is 0.374 e. The zero-order valence-electron chi connectivity index (χ0n) is 11.4. The number of hydrogen-bond acceptors (Lipinski definition) is 5. The lowest BCUT2D eigenvalue weighted by atomic mass is 10.2. The molecule has 0 spiro atoms. The van der Waals surface area contributed by atoms with E-state index in [-0.39, 0.29) is 6.10 Å². The third kappa shape index (κ3) is 4.15. The molecule has 2 heterocycles. The van der Waals surface area contributed by atoms with Gasteiger partial charge >= 0.3 is 11.8 Å². The van der Waals surface area contributed by atoms with Crippen LogP contribution in [0.4, 0.5) is 0 Å². The number of carbonyl (C=O) groups excluding carboxylic acids is 2. The third-order valence-electron chi connectivity index (χ3n) is 3.43. The number of piperazine rings is 1. The van der Waals surface area contributed by atoms with Crippen LogP contribution in [-0.2, 0) is 14.3 Å². The van der Waals surface area contributed by atoms with Crippen LogP contribution < -0.4 is 10.6 Å². The van der Waals surface area contributed by atoms with E-state index in [9.17, 15) is 9.59 Å². The Morgan fingerprint density at radius 3 is 2.74 bits per heavy atom. The van der Waals surface area contributed by atoms with Crippen LogP contribution in [0, 0.1) is 0 Å². The van der Waals surface area contributed by atoms with Crippen molar-refractivity contribution in [2.24, 2.45) is 0 Å². The minimum Gasteiger partial charge on any atom is -0.374 e.